The molecular weight excluding hydrogens is 572 g/mol. The summed E-state index contributed by atoms with van der Waals surface area (Å²) in [6.07, 6.45) is 5.20. The molecular formula is C37H45F2N3O3. The first-order chi connectivity index (χ1) is 21.4. The first-order valence-electron chi connectivity index (χ1n) is 16.1. The van der Waals surface area contributed by atoms with Gasteiger partial charge in [0.25, 0.3) is 11.8 Å². The zero-order chi connectivity index (χ0) is 32.4. The first-order valence-corrected chi connectivity index (χ1v) is 16.1. The fourth-order valence-corrected chi connectivity index (χ4v) is 6.50. The molecule has 2 aliphatic heterocycles. The molecule has 0 N–H and O–H groups in total. The van der Waals surface area contributed by atoms with Crippen LogP contribution in [0, 0.1) is 12.3 Å². The van der Waals surface area contributed by atoms with Crippen LogP contribution in [0.2, 0.25) is 0 Å². The van der Waals surface area contributed by atoms with Crippen molar-refractivity contribution in [3.63, 3.8) is 0 Å². The third-order valence-electron chi connectivity index (χ3n) is 9.49. The van der Waals surface area contributed by atoms with E-state index in [0.717, 1.165) is 47.0 Å². The van der Waals surface area contributed by atoms with Crippen molar-refractivity contribution in [1.82, 2.24) is 9.80 Å². The molecule has 3 fully saturated rings. The van der Waals surface area contributed by atoms with Crippen molar-refractivity contribution >= 4 is 34.4 Å². The monoisotopic (exact) mass is 617 g/mol. The standard InChI is InChI=1S/C37H45F2N3O3/c1-25(2)30-14-13-29(45-23-28(5)40-33-12-8-7-11-26(33)3)22-31(30)32(35(44)41-17-9-6-10-18-41)21-27(4)34(43)42-19-15-36(16-20-42)24-37(36,38)39/h7-8,11-14,21-22H,6,9-10,15-20,23-24H2,1-5H3/b27-21+,32-31+,40-28?. The molecule has 2 saturated heterocycles. The Morgan fingerprint density at radius 1 is 0.889 bits per heavy atom. The number of rotatable bonds is 7. The molecule has 6 nitrogen and oxygen atoms in total. The predicted molar refractivity (Wildman–Crippen MR) is 175 cm³/mol. The highest BCUT2D eigenvalue weighted by molar-refractivity contribution is 6.18. The lowest BCUT2D eigenvalue weighted by Gasteiger charge is -2.32. The van der Waals surface area contributed by atoms with Gasteiger partial charge in [-0.2, -0.15) is 0 Å². The third-order valence-corrected chi connectivity index (χ3v) is 9.49. The number of ether oxygens (including phenoxy) is 1. The Morgan fingerprint density at radius 3 is 2.16 bits per heavy atom. The van der Waals surface area contributed by atoms with Gasteiger partial charge in [-0.25, -0.2) is 8.78 Å². The van der Waals surface area contributed by atoms with Gasteiger partial charge < -0.3 is 14.5 Å². The average molecular weight is 618 g/mol. The predicted octanol–water partition coefficient (Wildman–Crippen LogP) is 6.11. The Balaban J connectivity index is 1.49. The SMILES string of the molecule is CC(COc1ccc(=C(C)C)/c(=C(\C=C(/C)C(=O)N2CCC3(CC2)CC3(F)F)C(=O)N2CCCCC2)c1)=Nc1ccccc1C. The number of hydrogen-bond acceptors (Lipinski definition) is 4. The second kappa shape index (κ2) is 13.3. The van der Waals surface area contributed by atoms with Crippen LogP contribution in [0.5, 0.6) is 5.75 Å². The van der Waals surface area contributed by atoms with E-state index in [1.807, 2.05) is 75.1 Å². The van der Waals surface area contributed by atoms with Crippen LogP contribution in [0.25, 0.3) is 11.1 Å². The molecule has 5 rings (SSSR count). The van der Waals surface area contributed by atoms with Crippen molar-refractivity contribution < 1.29 is 23.1 Å². The van der Waals surface area contributed by atoms with Crippen LogP contribution in [0.3, 0.4) is 0 Å². The smallest absolute Gasteiger partial charge is 0.254 e. The molecule has 0 bridgehead atoms. The zero-order valence-electron chi connectivity index (χ0n) is 27.2. The van der Waals surface area contributed by atoms with E-state index < -0.39 is 11.3 Å². The second-order valence-electron chi connectivity index (χ2n) is 13.2. The quantitative estimate of drug-likeness (QED) is 0.278. The summed E-state index contributed by atoms with van der Waals surface area (Å²) in [4.78, 5) is 36.0. The lowest BCUT2D eigenvalue weighted by atomic mass is 9.92. The number of para-hydroxylation sites is 1. The number of alkyl halides is 2. The molecule has 3 aliphatic rings. The summed E-state index contributed by atoms with van der Waals surface area (Å²) in [6.45, 7) is 11.9. The van der Waals surface area contributed by atoms with E-state index >= 15 is 0 Å². The Kier molecular flexibility index (Phi) is 9.61. The summed E-state index contributed by atoms with van der Waals surface area (Å²) in [6, 6.07) is 13.7. The lowest BCUT2D eigenvalue weighted by molar-refractivity contribution is -0.129. The molecule has 1 spiro atoms. The van der Waals surface area contributed by atoms with Crippen molar-refractivity contribution in [3.05, 3.63) is 70.1 Å². The number of hydrogen-bond donors (Lipinski definition) is 0. The average Bonchev–Trinajstić information content (AvgIpc) is 3.57. The second-order valence-corrected chi connectivity index (χ2v) is 13.2. The number of amides is 2. The van der Waals surface area contributed by atoms with Gasteiger partial charge in [0.15, 0.2) is 0 Å². The van der Waals surface area contributed by atoms with Crippen molar-refractivity contribution in [2.75, 3.05) is 32.8 Å². The molecule has 1 saturated carbocycles. The van der Waals surface area contributed by atoms with E-state index in [0.29, 0.717) is 61.1 Å². The number of piperidine rings is 2. The summed E-state index contributed by atoms with van der Waals surface area (Å²) in [7, 11) is 0. The van der Waals surface area contributed by atoms with E-state index in [1.54, 1.807) is 17.9 Å². The highest BCUT2D eigenvalue weighted by Gasteiger charge is 2.70. The Labute approximate surface area is 265 Å². The van der Waals surface area contributed by atoms with Crippen molar-refractivity contribution in [2.45, 2.75) is 79.1 Å². The molecule has 8 heteroatoms. The van der Waals surface area contributed by atoms with Gasteiger partial charge in [0.05, 0.1) is 11.4 Å². The summed E-state index contributed by atoms with van der Waals surface area (Å²) < 4.78 is 34.1. The number of aliphatic imine (C=N–C) groups is 1. The van der Waals surface area contributed by atoms with E-state index in [9.17, 15) is 18.4 Å². The van der Waals surface area contributed by atoms with Gasteiger partial charge in [0.2, 0.25) is 5.91 Å². The lowest BCUT2D eigenvalue weighted by Crippen LogP contribution is -2.42. The number of aryl methyl sites for hydroxylation is 1. The van der Waals surface area contributed by atoms with Gasteiger partial charge in [0, 0.05) is 49.2 Å². The van der Waals surface area contributed by atoms with Crippen LogP contribution in [-0.2, 0) is 9.59 Å². The fourth-order valence-electron chi connectivity index (χ4n) is 6.50. The molecule has 2 heterocycles. The van der Waals surface area contributed by atoms with Crippen molar-refractivity contribution in [3.8, 4) is 5.75 Å². The maximum absolute atomic E-state index is 14.2. The van der Waals surface area contributed by atoms with Crippen LogP contribution in [-0.4, -0.2) is 66.0 Å². The van der Waals surface area contributed by atoms with Gasteiger partial charge >= 0.3 is 0 Å². The Hall–Kier alpha value is -3.81. The molecule has 0 unspecified atom stereocenters. The molecule has 240 valence electrons. The van der Waals surface area contributed by atoms with Gasteiger partial charge in [-0.05, 0) is 107 Å². The van der Waals surface area contributed by atoms with E-state index in [-0.39, 0.29) is 24.8 Å². The molecule has 0 atom stereocenters. The van der Waals surface area contributed by atoms with E-state index in [1.165, 1.54) is 0 Å². The highest BCUT2D eigenvalue weighted by atomic mass is 19.3. The Morgan fingerprint density at radius 2 is 1.53 bits per heavy atom. The fraction of sp³-hybridized carbons (Fsp3) is 0.486. The van der Waals surface area contributed by atoms with Gasteiger partial charge in [-0.3, -0.25) is 14.6 Å². The molecule has 2 amide bonds. The summed E-state index contributed by atoms with van der Waals surface area (Å²) in [5, 5.41) is 1.61. The van der Waals surface area contributed by atoms with Crippen molar-refractivity contribution in [2.24, 2.45) is 10.4 Å². The summed E-state index contributed by atoms with van der Waals surface area (Å²) >= 11 is 0. The number of likely N-dealkylation sites (tertiary alicyclic amines) is 2. The van der Waals surface area contributed by atoms with Crippen LogP contribution < -0.4 is 15.2 Å². The van der Waals surface area contributed by atoms with Crippen molar-refractivity contribution in [1.29, 1.82) is 0 Å². The van der Waals surface area contributed by atoms with E-state index in [4.69, 9.17) is 9.73 Å². The minimum absolute atomic E-state index is 0.0789. The van der Waals surface area contributed by atoms with Crippen LogP contribution in [0.1, 0.15) is 71.8 Å². The molecule has 0 radical (unpaired) electrons. The van der Waals surface area contributed by atoms with Crippen LogP contribution in [0.15, 0.2) is 59.1 Å². The highest BCUT2D eigenvalue weighted by Crippen LogP contribution is 2.65. The Bertz CT molecular complexity index is 1640. The minimum atomic E-state index is -2.61. The maximum Gasteiger partial charge on any atom is 0.254 e. The minimum Gasteiger partial charge on any atom is -0.488 e. The number of carbonyl (C=O) groups is 2. The third kappa shape index (κ3) is 7.21. The number of benzene rings is 2. The molecule has 45 heavy (non-hydrogen) atoms. The molecule has 2 aromatic carbocycles. The van der Waals surface area contributed by atoms with Gasteiger partial charge in [-0.15, -0.1) is 0 Å². The largest absolute Gasteiger partial charge is 0.488 e. The molecule has 0 aromatic heterocycles. The first kappa shape index (κ1) is 32.6. The maximum atomic E-state index is 14.2. The number of halogens is 2. The summed E-state index contributed by atoms with van der Waals surface area (Å²) in [5.74, 6) is -2.35. The zero-order valence-corrected chi connectivity index (χ0v) is 27.2. The number of nitrogens with zero attached hydrogens (tertiary/aromatic N) is 3. The topological polar surface area (TPSA) is 62.2 Å². The summed E-state index contributed by atoms with van der Waals surface area (Å²) in [5.41, 5.74) is 3.75. The van der Waals surface area contributed by atoms with E-state index in [2.05, 4.69) is 0 Å². The number of carbonyl (C=O) groups excluding carboxylic acids is 2. The van der Waals surface area contributed by atoms with Gasteiger partial charge in [0.1, 0.15) is 12.4 Å². The van der Waals surface area contributed by atoms with Crippen LogP contribution in [0.4, 0.5) is 14.5 Å². The molecule has 1 aliphatic carbocycles. The van der Waals surface area contributed by atoms with Gasteiger partial charge in [-0.1, -0.05) is 29.8 Å². The normalized spacial score (nSPS) is 20.2. The van der Waals surface area contributed by atoms with Crippen LogP contribution >= 0.6 is 0 Å². The molecule has 2 aromatic rings.